The van der Waals surface area contributed by atoms with Crippen LogP contribution in [0.15, 0.2) is 30.6 Å². The molecule has 0 unspecified atom stereocenters. The number of rotatable bonds is 3. The Morgan fingerprint density at radius 3 is 2.88 bits per heavy atom. The first-order chi connectivity index (χ1) is 7.74. The van der Waals surface area contributed by atoms with E-state index < -0.39 is 0 Å². The number of hydrogen-bond donors (Lipinski definition) is 1. The summed E-state index contributed by atoms with van der Waals surface area (Å²) in [5.41, 5.74) is 7.42. The molecule has 0 spiro atoms. The molecule has 0 amide bonds. The van der Waals surface area contributed by atoms with Crippen LogP contribution in [0.25, 0.3) is 5.69 Å². The Hall–Kier alpha value is -1.52. The minimum Gasteiger partial charge on any atom is -0.494 e. The molecule has 0 saturated carbocycles. The average molecular weight is 238 g/mol. The molecule has 0 atom stereocenters. The molecule has 0 bridgehead atoms. The average Bonchev–Trinajstić information content (AvgIpc) is 2.74. The van der Waals surface area contributed by atoms with Crippen molar-refractivity contribution in [1.82, 2.24) is 9.78 Å². The quantitative estimate of drug-likeness (QED) is 0.888. The fourth-order valence-corrected chi connectivity index (χ4v) is 1.61. The molecule has 0 aliphatic carbocycles. The molecule has 0 saturated heterocycles. The molecule has 2 aromatic rings. The number of hydrogen-bond acceptors (Lipinski definition) is 3. The summed E-state index contributed by atoms with van der Waals surface area (Å²) < 4.78 is 6.96. The van der Waals surface area contributed by atoms with Crippen molar-refractivity contribution in [3.05, 3.63) is 41.2 Å². The summed E-state index contributed by atoms with van der Waals surface area (Å²) in [4.78, 5) is 0. The largest absolute Gasteiger partial charge is 0.494 e. The maximum Gasteiger partial charge on any atom is 0.144 e. The number of nitrogens with two attached hydrogens (primary N) is 1. The van der Waals surface area contributed by atoms with Crippen LogP contribution in [0.2, 0.25) is 5.02 Å². The molecular weight excluding hydrogens is 226 g/mol. The molecule has 16 heavy (non-hydrogen) atoms. The molecule has 1 aromatic carbocycles. The highest BCUT2D eigenvalue weighted by Crippen LogP contribution is 2.24. The lowest BCUT2D eigenvalue weighted by Gasteiger charge is -2.09. The van der Waals surface area contributed by atoms with Gasteiger partial charge in [-0.25, -0.2) is 4.68 Å². The van der Waals surface area contributed by atoms with E-state index in [1.165, 1.54) is 0 Å². The van der Waals surface area contributed by atoms with Crippen LogP contribution in [0, 0.1) is 0 Å². The maximum absolute atomic E-state index is 5.82. The molecule has 84 valence electrons. The summed E-state index contributed by atoms with van der Waals surface area (Å²) in [5, 5.41) is 4.71. The SMILES string of the molecule is COc1cc(CN)ccc1-n1cc(Cl)cn1. The molecule has 0 radical (unpaired) electrons. The van der Waals surface area contributed by atoms with Gasteiger partial charge >= 0.3 is 0 Å². The summed E-state index contributed by atoms with van der Waals surface area (Å²) in [7, 11) is 1.62. The number of aromatic nitrogens is 2. The topological polar surface area (TPSA) is 53.1 Å². The van der Waals surface area contributed by atoms with Crippen LogP contribution in [0.4, 0.5) is 0 Å². The van der Waals surface area contributed by atoms with E-state index in [4.69, 9.17) is 22.1 Å². The predicted octanol–water partition coefficient (Wildman–Crippen LogP) is 1.99. The van der Waals surface area contributed by atoms with Gasteiger partial charge in [0.15, 0.2) is 0 Å². The Labute approximate surface area is 98.6 Å². The first-order valence-corrected chi connectivity index (χ1v) is 5.20. The van der Waals surface area contributed by atoms with Gasteiger partial charge in [0.05, 0.1) is 18.3 Å². The number of nitrogens with zero attached hydrogens (tertiary/aromatic N) is 2. The van der Waals surface area contributed by atoms with Crippen molar-refractivity contribution in [1.29, 1.82) is 0 Å². The summed E-state index contributed by atoms with van der Waals surface area (Å²) >= 11 is 5.82. The normalized spacial score (nSPS) is 10.4. The van der Waals surface area contributed by atoms with Gasteiger partial charge in [0.25, 0.3) is 0 Å². The minimum atomic E-state index is 0.483. The Balaban J connectivity index is 2.48. The molecule has 2 rings (SSSR count). The maximum atomic E-state index is 5.82. The zero-order valence-corrected chi connectivity index (χ0v) is 9.61. The number of benzene rings is 1. The molecule has 0 aliphatic rings. The number of ether oxygens (including phenoxy) is 1. The molecule has 4 nitrogen and oxygen atoms in total. The minimum absolute atomic E-state index is 0.483. The van der Waals surface area contributed by atoms with Crippen LogP contribution >= 0.6 is 11.6 Å². The number of methoxy groups -OCH3 is 1. The van der Waals surface area contributed by atoms with Crippen LogP contribution in [0.1, 0.15) is 5.56 Å². The van der Waals surface area contributed by atoms with Crippen molar-refractivity contribution >= 4 is 11.6 Å². The van der Waals surface area contributed by atoms with Crippen molar-refractivity contribution in [2.24, 2.45) is 5.73 Å². The lowest BCUT2D eigenvalue weighted by atomic mass is 10.2. The second-order valence-corrected chi connectivity index (χ2v) is 3.75. The van der Waals surface area contributed by atoms with E-state index in [1.807, 2.05) is 18.2 Å². The first-order valence-electron chi connectivity index (χ1n) is 4.82. The zero-order valence-electron chi connectivity index (χ0n) is 8.85. The number of halogens is 1. The molecule has 0 fully saturated rings. The van der Waals surface area contributed by atoms with Crippen LogP contribution in [-0.4, -0.2) is 16.9 Å². The lowest BCUT2D eigenvalue weighted by Crippen LogP contribution is -2.01. The molecule has 5 heteroatoms. The van der Waals surface area contributed by atoms with Gasteiger partial charge in [0.1, 0.15) is 11.4 Å². The van der Waals surface area contributed by atoms with E-state index in [0.29, 0.717) is 11.6 Å². The second kappa shape index (κ2) is 4.55. The Bertz CT molecular complexity index is 496. The zero-order chi connectivity index (χ0) is 11.5. The smallest absolute Gasteiger partial charge is 0.144 e. The third-order valence-electron chi connectivity index (χ3n) is 2.28. The van der Waals surface area contributed by atoms with E-state index in [0.717, 1.165) is 17.0 Å². The third-order valence-corrected chi connectivity index (χ3v) is 2.47. The van der Waals surface area contributed by atoms with Crippen molar-refractivity contribution < 1.29 is 4.74 Å². The highest BCUT2D eigenvalue weighted by molar-refractivity contribution is 6.30. The molecular formula is C11H12ClN3O. The standard InChI is InChI=1S/C11H12ClN3O/c1-16-11-4-8(5-13)2-3-10(11)15-7-9(12)6-14-15/h2-4,6-7H,5,13H2,1H3. The van der Waals surface area contributed by atoms with Crippen LogP contribution in [0.5, 0.6) is 5.75 Å². The van der Waals surface area contributed by atoms with E-state index in [2.05, 4.69) is 5.10 Å². The Morgan fingerprint density at radius 2 is 2.31 bits per heavy atom. The van der Waals surface area contributed by atoms with Gasteiger partial charge < -0.3 is 10.5 Å². The van der Waals surface area contributed by atoms with Crippen molar-refractivity contribution in [3.63, 3.8) is 0 Å². The van der Waals surface area contributed by atoms with E-state index >= 15 is 0 Å². The monoisotopic (exact) mass is 237 g/mol. The van der Waals surface area contributed by atoms with Gasteiger partial charge in [-0.15, -0.1) is 0 Å². The predicted molar refractivity (Wildman–Crippen MR) is 63.0 cm³/mol. The van der Waals surface area contributed by atoms with E-state index in [9.17, 15) is 0 Å². The van der Waals surface area contributed by atoms with Crippen molar-refractivity contribution in [3.8, 4) is 11.4 Å². The van der Waals surface area contributed by atoms with E-state index in [1.54, 1.807) is 24.2 Å². The van der Waals surface area contributed by atoms with Gasteiger partial charge in [-0.1, -0.05) is 17.7 Å². The van der Waals surface area contributed by atoms with Gasteiger partial charge in [-0.3, -0.25) is 0 Å². The first kappa shape index (κ1) is 11.0. The molecule has 2 N–H and O–H groups in total. The summed E-state index contributed by atoms with van der Waals surface area (Å²) in [6, 6.07) is 5.74. The Morgan fingerprint density at radius 1 is 1.50 bits per heavy atom. The second-order valence-electron chi connectivity index (χ2n) is 3.31. The summed E-state index contributed by atoms with van der Waals surface area (Å²) in [6.07, 6.45) is 3.30. The van der Waals surface area contributed by atoms with Gasteiger partial charge in [0, 0.05) is 12.7 Å². The highest BCUT2D eigenvalue weighted by atomic mass is 35.5. The lowest BCUT2D eigenvalue weighted by molar-refractivity contribution is 0.411. The Kier molecular flexibility index (Phi) is 3.12. The van der Waals surface area contributed by atoms with Gasteiger partial charge in [-0.2, -0.15) is 5.10 Å². The fraction of sp³-hybridized carbons (Fsp3) is 0.182. The van der Waals surface area contributed by atoms with Gasteiger partial charge in [-0.05, 0) is 17.7 Å². The fourth-order valence-electron chi connectivity index (χ4n) is 1.47. The summed E-state index contributed by atoms with van der Waals surface area (Å²) in [6.45, 7) is 0.483. The van der Waals surface area contributed by atoms with Crippen LogP contribution in [-0.2, 0) is 6.54 Å². The van der Waals surface area contributed by atoms with Crippen LogP contribution in [0.3, 0.4) is 0 Å². The van der Waals surface area contributed by atoms with Crippen LogP contribution < -0.4 is 10.5 Å². The van der Waals surface area contributed by atoms with Gasteiger partial charge in [0.2, 0.25) is 0 Å². The molecule has 1 heterocycles. The molecule has 0 aliphatic heterocycles. The van der Waals surface area contributed by atoms with Crippen molar-refractivity contribution in [2.45, 2.75) is 6.54 Å². The van der Waals surface area contributed by atoms with E-state index in [-0.39, 0.29) is 0 Å². The highest BCUT2D eigenvalue weighted by Gasteiger charge is 2.07. The third kappa shape index (κ3) is 2.03. The molecule has 1 aromatic heterocycles. The summed E-state index contributed by atoms with van der Waals surface area (Å²) in [5.74, 6) is 0.725. The van der Waals surface area contributed by atoms with Crippen molar-refractivity contribution in [2.75, 3.05) is 7.11 Å².